The summed E-state index contributed by atoms with van der Waals surface area (Å²) >= 11 is 0. The molecule has 3 rings (SSSR count). The molecule has 0 bridgehead atoms. The fourth-order valence-electron chi connectivity index (χ4n) is 2.36. The molecule has 0 saturated heterocycles. The molecule has 0 aliphatic heterocycles. The van der Waals surface area contributed by atoms with E-state index in [1.54, 1.807) is 10.8 Å². The zero-order valence-electron chi connectivity index (χ0n) is 10.2. The number of aromatic nitrogens is 3. The quantitative estimate of drug-likeness (QED) is 0.691. The summed E-state index contributed by atoms with van der Waals surface area (Å²) in [5.74, 6) is 0.195. The first kappa shape index (κ1) is 10.8. The van der Waals surface area contributed by atoms with E-state index in [1.165, 1.54) is 6.07 Å². The molecule has 0 atom stereocenters. The molecule has 2 aromatic heterocycles. The lowest BCUT2D eigenvalue weighted by molar-refractivity contribution is 0.632. The molecule has 0 saturated carbocycles. The number of hydrogen-bond acceptors (Lipinski definition) is 2. The molecule has 0 unspecified atom stereocenters. The van der Waals surface area contributed by atoms with Crippen LogP contribution in [-0.2, 0) is 7.05 Å². The van der Waals surface area contributed by atoms with Crippen LogP contribution >= 0.6 is 0 Å². The van der Waals surface area contributed by atoms with E-state index in [0.29, 0.717) is 11.3 Å². The van der Waals surface area contributed by atoms with E-state index in [-0.39, 0.29) is 5.82 Å². The van der Waals surface area contributed by atoms with E-state index < -0.39 is 0 Å². The van der Waals surface area contributed by atoms with Gasteiger partial charge >= 0.3 is 0 Å². The summed E-state index contributed by atoms with van der Waals surface area (Å²) in [6, 6.07) is 3.43. The molecule has 0 fully saturated rings. The predicted molar refractivity (Wildman–Crippen MR) is 69.6 cm³/mol. The largest absolute Gasteiger partial charge is 0.384 e. The van der Waals surface area contributed by atoms with Crippen molar-refractivity contribution >= 4 is 16.7 Å². The number of nitrogens with zero attached hydrogens (tertiary/aromatic N) is 2. The second kappa shape index (κ2) is 3.60. The number of halogens is 1. The summed E-state index contributed by atoms with van der Waals surface area (Å²) in [5, 5.41) is 7.41. The van der Waals surface area contributed by atoms with Crippen molar-refractivity contribution in [3.8, 4) is 11.1 Å². The Balaban J connectivity index is 2.34. The van der Waals surface area contributed by atoms with Crippen LogP contribution in [0.15, 0.2) is 24.5 Å². The number of nitrogens with two attached hydrogens (primary N) is 1. The molecular weight excluding hydrogens is 231 g/mol. The smallest absolute Gasteiger partial charge is 0.148 e. The van der Waals surface area contributed by atoms with Crippen LogP contribution in [0.25, 0.3) is 22.0 Å². The van der Waals surface area contributed by atoms with Crippen molar-refractivity contribution in [1.82, 2.24) is 14.8 Å². The summed E-state index contributed by atoms with van der Waals surface area (Å²) < 4.78 is 15.9. The Morgan fingerprint density at radius 1 is 1.39 bits per heavy atom. The third kappa shape index (κ3) is 1.40. The van der Waals surface area contributed by atoms with Crippen molar-refractivity contribution in [2.45, 2.75) is 6.92 Å². The minimum Gasteiger partial charge on any atom is -0.384 e. The highest BCUT2D eigenvalue weighted by molar-refractivity contribution is 5.90. The number of benzene rings is 1. The summed E-state index contributed by atoms with van der Waals surface area (Å²) in [5.41, 5.74) is 8.87. The normalized spacial score (nSPS) is 11.3. The van der Waals surface area contributed by atoms with Crippen LogP contribution < -0.4 is 5.73 Å². The lowest BCUT2D eigenvalue weighted by atomic mass is 10.0. The van der Waals surface area contributed by atoms with Gasteiger partial charge in [0.15, 0.2) is 0 Å². The van der Waals surface area contributed by atoms with Gasteiger partial charge in [-0.05, 0) is 30.2 Å². The number of fused-ring (bicyclic) bond motifs is 1. The van der Waals surface area contributed by atoms with Crippen molar-refractivity contribution < 1.29 is 4.39 Å². The van der Waals surface area contributed by atoms with Gasteiger partial charge in [-0.2, -0.15) is 5.10 Å². The van der Waals surface area contributed by atoms with Gasteiger partial charge in [0.1, 0.15) is 11.6 Å². The number of nitrogen functional groups attached to an aromatic ring is 1. The Hall–Kier alpha value is -2.30. The topological polar surface area (TPSA) is 59.6 Å². The predicted octanol–water partition coefficient (Wildman–Crippen LogP) is 2.60. The summed E-state index contributed by atoms with van der Waals surface area (Å²) in [7, 11) is 1.84. The van der Waals surface area contributed by atoms with Gasteiger partial charge in [-0.25, -0.2) is 4.39 Å². The van der Waals surface area contributed by atoms with Crippen LogP contribution in [0.1, 0.15) is 5.56 Å². The lowest BCUT2D eigenvalue weighted by Crippen LogP contribution is -1.91. The van der Waals surface area contributed by atoms with E-state index in [4.69, 9.17) is 5.73 Å². The molecule has 92 valence electrons. The molecule has 1 aromatic carbocycles. The zero-order chi connectivity index (χ0) is 12.9. The SMILES string of the molecule is Cc1cn(C)c2c(F)cc(-c3cn[nH]c3N)cc12. The Bertz CT molecular complexity index is 739. The molecule has 0 amide bonds. The highest BCUT2D eigenvalue weighted by Crippen LogP contribution is 2.31. The molecule has 2 heterocycles. The maximum atomic E-state index is 14.2. The van der Waals surface area contributed by atoms with Gasteiger partial charge in [0.2, 0.25) is 0 Å². The molecule has 0 spiro atoms. The summed E-state index contributed by atoms with van der Waals surface area (Å²) in [6.45, 7) is 1.96. The van der Waals surface area contributed by atoms with Gasteiger partial charge in [0.25, 0.3) is 0 Å². The van der Waals surface area contributed by atoms with E-state index in [1.807, 2.05) is 26.2 Å². The van der Waals surface area contributed by atoms with Gasteiger partial charge in [-0.15, -0.1) is 0 Å². The van der Waals surface area contributed by atoms with Gasteiger partial charge in [-0.1, -0.05) is 0 Å². The monoisotopic (exact) mass is 244 g/mol. The maximum Gasteiger partial charge on any atom is 0.148 e. The average Bonchev–Trinajstić information content (AvgIpc) is 2.84. The summed E-state index contributed by atoms with van der Waals surface area (Å²) in [4.78, 5) is 0. The van der Waals surface area contributed by atoms with Gasteiger partial charge in [0.05, 0.1) is 11.7 Å². The zero-order valence-corrected chi connectivity index (χ0v) is 10.2. The number of anilines is 1. The summed E-state index contributed by atoms with van der Waals surface area (Å²) in [6.07, 6.45) is 3.52. The molecule has 0 aliphatic carbocycles. The van der Waals surface area contributed by atoms with Gasteiger partial charge in [0, 0.05) is 24.2 Å². The molecule has 18 heavy (non-hydrogen) atoms. The average molecular weight is 244 g/mol. The van der Waals surface area contributed by atoms with Crippen molar-refractivity contribution in [3.05, 3.63) is 35.9 Å². The fraction of sp³-hybridized carbons (Fsp3) is 0.154. The van der Waals surface area contributed by atoms with Crippen LogP contribution in [0.3, 0.4) is 0 Å². The van der Waals surface area contributed by atoms with E-state index in [0.717, 1.165) is 22.1 Å². The molecule has 0 aliphatic rings. The van der Waals surface area contributed by atoms with Crippen molar-refractivity contribution in [2.24, 2.45) is 7.05 Å². The number of hydrogen-bond donors (Lipinski definition) is 2. The van der Waals surface area contributed by atoms with Crippen LogP contribution in [0.5, 0.6) is 0 Å². The highest BCUT2D eigenvalue weighted by Gasteiger charge is 2.13. The lowest BCUT2D eigenvalue weighted by Gasteiger charge is -2.03. The van der Waals surface area contributed by atoms with E-state index in [9.17, 15) is 4.39 Å². The molecular formula is C13H13FN4. The third-order valence-corrected chi connectivity index (χ3v) is 3.21. The van der Waals surface area contributed by atoms with Crippen LogP contribution in [0, 0.1) is 12.7 Å². The number of aromatic amines is 1. The number of rotatable bonds is 1. The van der Waals surface area contributed by atoms with Crippen LogP contribution in [0.4, 0.5) is 10.2 Å². The van der Waals surface area contributed by atoms with E-state index in [2.05, 4.69) is 10.2 Å². The minimum atomic E-state index is -0.251. The number of aryl methyl sites for hydroxylation is 2. The second-order valence-corrected chi connectivity index (χ2v) is 4.47. The Morgan fingerprint density at radius 3 is 2.83 bits per heavy atom. The highest BCUT2D eigenvalue weighted by atomic mass is 19.1. The Labute approximate surface area is 103 Å². The molecule has 0 radical (unpaired) electrons. The van der Waals surface area contributed by atoms with E-state index >= 15 is 0 Å². The van der Waals surface area contributed by atoms with Gasteiger partial charge < -0.3 is 10.3 Å². The van der Waals surface area contributed by atoms with Crippen LogP contribution in [0.2, 0.25) is 0 Å². The third-order valence-electron chi connectivity index (χ3n) is 3.21. The number of nitrogens with one attached hydrogen (secondary N) is 1. The van der Waals surface area contributed by atoms with Gasteiger partial charge in [-0.3, -0.25) is 5.10 Å². The Kier molecular flexibility index (Phi) is 2.16. The fourth-order valence-corrected chi connectivity index (χ4v) is 2.36. The van der Waals surface area contributed by atoms with Crippen molar-refractivity contribution in [2.75, 3.05) is 5.73 Å². The first-order valence-corrected chi connectivity index (χ1v) is 5.62. The Morgan fingerprint density at radius 2 is 2.17 bits per heavy atom. The first-order chi connectivity index (χ1) is 8.58. The molecule has 3 N–H and O–H groups in total. The van der Waals surface area contributed by atoms with Crippen LogP contribution in [-0.4, -0.2) is 14.8 Å². The number of H-pyrrole nitrogens is 1. The molecule has 4 nitrogen and oxygen atoms in total. The first-order valence-electron chi connectivity index (χ1n) is 5.62. The minimum absolute atomic E-state index is 0.251. The molecule has 3 aromatic rings. The second-order valence-electron chi connectivity index (χ2n) is 4.47. The van der Waals surface area contributed by atoms with Crippen molar-refractivity contribution in [1.29, 1.82) is 0 Å². The van der Waals surface area contributed by atoms with Crippen molar-refractivity contribution in [3.63, 3.8) is 0 Å². The molecule has 5 heteroatoms. The standard InChI is InChI=1S/C13H13FN4/c1-7-6-18(2)12-9(7)3-8(4-11(12)14)10-5-16-17-13(10)15/h3-6H,1-2H3,(H3,15,16,17). The maximum absolute atomic E-state index is 14.2.